The first-order valence-electron chi connectivity index (χ1n) is 5.78. The summed E-state index contributed by atoms with van der Waals surface area (Å²) in [5, 5.41) is 0. The largest absolute Gasteiger partial charge is 0.417 e. The lowest BCUT2D eigenvalue weighted by molar-refractivity contribution is -0.138. The second-order valence-corrected chi connectivity index (χ2v) is 4.22. The number of pyridine rings is 1. The van der Waals surface area contributed by atoms with Crippen molar-refractivity contribution in [1.29, 1.82) is 0 Å². The number of ketones is 1. The highest BCUT2D eigenvalue weighted by Crippen LogP contribution is 2.32. The zero-order valence-electron chi connectivity index (χ0n) is 10.4. The number of aromatic nitrogens is 1. The van der Waals surface area contributed by atoms with Gasteiger partial charge in [-0.3, -0.25) is 9.78 Å². The van der Waals surface area contributed by atoms with E-state index in [-0.39, 0.29) is 0 Å². The molecule has 2 aromatic rings. The summed E-state index contributed by atoms with van der Waals surface area (Å²) in [4.78, 5) is 15.4. The molecule has 0 aliphatic heterocycles. The van der Waals surface area contributed by atoms with Crippen LogP contribution < -0.4 is 0 Å². The van der Waals surface area contributed by atoms with Gasteiger partial charge in [-0.2, -0.15) is 13.2 Å². The number of benzene rings is 1. The van der Waals surface area contributed by atoms with Gasteiger partial charge in [0.25, 0.3) is 0 Å². The Bertz CT molecular complexity index is 661. The number of rotatable bonds is 3. The van der Waals surface area contributed by atoms with Crippen LogP contribution in [0, 0.1) is 11.6 Å². The van der Waals surface area contributed by atoms with Crippen LogP contribution in [0.5, 0.6) is 0 Å². The van der Waals surface area contributed by atoms with Crippen LogP contribution >= 0.6 is 0 Å². The summed E-state index contributed by atoms with van der Waals surface area (Å²) in [6.07, 6.45) is -3.93. The zero-order chi connectivity index (χ0) is 15.6. The summed E-state index contributed by atoms with van der Waals surface area (Å²) in [6.45, 7) is 0. The second-order valence-electron chi connectivity index (χ2n) is 4.22. The molecular formula is C14H8F5NO. The Kier molecular flexibility index (Phi) is 4.02. The van der Waals surface area contributed by atoms with Crippen LogP contribution in [0.1, 0.15) is 21.5 Å². The summed E-state index contributed by atoms with van der Waals surface area (Å²) in [5.41, 5.74) is -2.47. The van der Waals surface area contributed by atoms with Crippen molar-refractivity contribution in [3.05, 3.63) is 65.0 Å². The molecule has 0 amide bonds. The molecule has 0 N–H and O–H groups in total. The van der Waals surface area contributed by atoms with E-state index >= 15 is 0 Å². The number of halogens is 5. The smallest absolute Gasteiger partial charge is 0.294 e. The Morgan fingerprint density at radius 3 is 2.29 bits per heavy atom. The Hall–Kier alpha value is -2.31. The minimum Gasteiger partial charge on any atom is -0.294 e. The molecule has 0 radical (unpaired) electrons. The number of alkyl halides is 3. The molecule has 1 aromatic carbocycles. The van der Waals surface area contributed by atoms with Gasteiger partial charge in [-0.05, 0) is 18.2 Å². The third kappa shape index (κ3) is 3.24. The molecular weight excluding hydrogens is 293 g/mol. The number of nitrogens with zero attached hydrogens (tertiary/aromatic N) is 1. The van der Waals surface area contributed by atoms with Gasteiger partial charge in [-0.1, -0.05) is 6.07 Å². The summed E-state index contributed by atoms with van der Waals surface area (Å²) in [5.74, 6) is -3.03. The molecule has 0 atom stereocenters. The summed E-state index contributed by atoms with van der Waals surface area (Å²) >= 11 is 0. The predicted molar refractivity (Wildman–Crippen MR) is 63.6 cm³/mol. The molecule has 0 aliphatic rings. The van der Waals surface area contributed by atoms with Crippen molar-refractivity contribution in [3.63, 3.8) is 0 Å². The highest BCUT2D eigenvalue weighted by Gasteiger charge is 2.35. The Balaban J connectivity index is 2.38. The number of hydrogen-bond acceptors (Lipinski definition) is 2. The maximum Gasteiger partial charge on any atom is 0.417 e. The Labute approximate surface area is 116 Å². The molecule has 1 aromatic heterocycles. The lowest BCUT2D eigenvalue weighted by Gasteiger charge is -2.11. The standard InChI is InChI=1S/C14H8F5NO/c15-11-2-1-3-12(16)8(11)6-13(21)9-7-20-5-4-10(9)14(17,18)19/h1-5,7H,6H2. The van der Waals surface area contributed by atoms with Crippen LogP contribution in [0.15, 0.2) is 36.7 Å². The highest BCUT2D eigenvalue weighted by molar-refractivity contribution is 5.98. The van der Waals surface area contributed by atoms with Crippen molar-refractivity contribution in [2.24, 2.45) is 0 Å². The molecule has 0 fully saturated rings. The first kappa shape index (κ1) is 15.1. The topological polar surface area (TPSA) is 30.0 Å². The van der Waals surface area contributed by atoms with Gasteiger partial charge in [0.1, 0.15) is 11.6 Å². The number of Topliss-reactive ketones (excluding diaryl/α,β-unsaturated/α-hetero) is 1. The monoisotopic (exact) mass is 301 g/mol. The van der Waals surface area contributed by atoms with Gasteiger partial charge in [0.15, 0.2) is 5.78 Å². The lowest BCUT2D eigenvalue weighted by Crippen LogP contribution is -2.16. The molecule has 0 spiro atoms. The average Bonchev–Trinajstić information content (AvgIpc) is 2.42. The fraction of sp³-hybridized carbons (Fsp3) is 0.143. The van der Waals surface area contributed by atoms with Gasteiger partial charge in [-0.25, -0.2) is 8.78 Å². The highest BCUT2D eigenvalue weighted by atomic mass is 19.4. The molecule has 2 rings (SSSR count). The van der Waals surface area contributed by atoms with E-state index in [4.69, 9.17) is 0 Å². The maximum atomic E-state index is 13.4. The molecule has 2 nitrogen and oxygen atoms in total. The second kappa shape index (κ2) is 5.59. The van der Waals surface area contributed by atoms with Crippen molar-refractivity contribution in [2.75, 3.05) is 0 Å². The first-order valence-corrected chi connectivity index (χ1v) is 5.78. The first-order chi connectivity index (χ1) is 9.80. The fourth-order valence-electron chi connectivity index (χ4n) is 1.82. The molecule has 21 heavy (non-hydrogen) atoms. The van der Waals surface area contributed by atoms with E-state index in [2.05, 4.69) is 4.98 Å². The van der Waals surface area contributed by atoms with Crippen LogP contribution in [-0.2, 0) is 12.6 Å². The van der Waals surface area contributed by atoms with Crippen molar-refractivity contribution in [1.82, 2.24) is 4.98 Å². The average molecular weight is 301 g/mol. The van der Waals surface area contributed by atoms with E-state index < -0.39 is 46.7 Å². The van der Waals surface area contributed by atoms with Gasteiger partial charge in [0, 0.05) is 29.9 Å². The SMILES string of the molecule is O=C(Cc1c(F)cccc1F)c1cnccc1C(F)(F)F. The van der Waals surface area contributed by atoms with Crippen LogP contribution in [0.4, 0.5) is 22.0 Å². The van der Waals surface area contributed by atoms with Crippen molar-refractivity contribution in [3.8, 4) is 0 Å². The van der Waals surface area contributed by atoms with Gasteiger partial charge < -0.3 is 0 Å². The van der Waals surface area contributed by atoms with Gasteiger partial charge in [-0.15, -0.1) is 0 Å². The quantitative estimate of drug-likeness (QED) is 0.637. The Morgan fingerprint density at radius 1 is 1.10 bits per heavy atom. The number of hydrogen-bond donors (Lipinski definition) is 0. The third-order valence-electron chi connectivity index (χ3n) is 2.83. The van der Waals surface area contributed by atoms with Crippen molar-refractivity contribution < 1.29 is 26.7 Å². The van der Waals surface area contributed by atoms with Crippen molar-refractivity contribution in [2.45, 2.75) is 12.6 Å². The lowest BCUT2D eigenvalue weighted by atomic mass is 9.99. The predicted octanol–water partition coefficient (Wildman–Crippen LogP) is 3.80. The number of carbonyl (C=O) groups excluding carboxylic acids is 1. The molecule has 110 valence electrons. The van der Waals surface area contributed by atoms with E-state index in [9.17, 15) is 26.7 Å². The van der Waals surface area contributed by atoms with E-state index in [1.807, 2.05) is 0 Å². The normalized spacial score (nSPS) is 11.5. The van der Waals surface area contributed by atoms with E-state index in [1.165, 1.54) is 0 Å². The molecule has 0 saturated heterocycles. The van der Waals surface area contributed by atoms with Gasteiger partial charge >= 0.3 is 6.18 Å². The Morgan fingerprint density at radius 2 is 1.71 bits per heavy atom. The molecule has 7 heteroatoms. The van der Waals surface area contributed by atoms with Crippen LogP contribution in [-0.4, -0.2) is 10.8 Å². The van der Waals surface area contributed by atoms with Crippen LogP contribution in [0.3, 0.4) is 0 Å². The summed E-state index contributed by atoms with van der Waals surface area (Å²) in [7, 11) is 0. The van der Waals surface area contributed by atoms with Crippen LogP contribution in [0.25, 0.3) is 0 Å². The minimum atomic E-state index is -4.75. The van der Waals surface area contributed by atoms with Gasteiger partial charge in [0.2, 0.25) is 0 Å². The zero-order valence-corrected chi connectivity index (χ0v) is 10.4. The molecule has 0 aliphatic carbocycles. The third-order valence-corrected chi connectivity index (χ3v) is 2.83. The molecule has 0 unspecified atom stereocenters. The molecule has 1 heterocycles. The van der Waals surface area contributed by atoms with E-state index in [0.717, 1.165) is 30.6 Å². The van der Waals surface area contributed by atoms with Crippen molar-refractivity contribution >= 4 is 5.78 Å². The van der Waals surface area contributed by atoms with E-state index in [1.54, 1.807) is 0 Å². The minimum absolute atomic E-state index is 0.570. The summed E-state index contributed by atoms with van der Waals surface area (Å²) < 4.78 is 65.2. The maximum absolute atomic E-state index is 13.4. The molecule has 0 saturated carbocycles. The number of carbonyl (C=O) groups is 1. The molecule has 0 bridgehead atoms. The van der Waals surface area contributed by atoms with E-state index in [0.29, 0.717) is 6.07 Å². The fourth-order valence-corrected chi connectivity index (χ4v) is 1.82. The summed E-state index contributed by atoms with van der Waals surface area (Å²) in [6, 6.07) is 3.61. The van der Waals surface area contributed by atoms with Gasteiger partial charge in [0.05, 0.1) is 5.56 Å². The van der Waals surface area contributed by atoms with Crippen LogP contribution in [0.2, 0.25) is 0 Å².